The maximum Gasteiger partial charge on any atom is 0.118 e. The Balaban J connectivity index is 2.26. The molecule has 0 aliphatic carbocycles. The highest BCUT2D eigenvalue weighted by Gasteiger charge is 2.13. The average Bonchev–Trinajstić information content (AvgIpc) is 2.56. The minimum absolute atomic E-state index is 0.228. The second-order valence-electron chi connectivity index (χ2n) is 4.93. The Labute approximate surface area is 131 Å². The minimum Gasteiger partial charge on any atom is -0.497 e. The molecule has 1 unspecified atom stereocenters. The second kappa shape index (κ2) is 8.11. The molecule has 1 atom stereocenters. The molecule has 0 saturated carbocycles. The third kappa shape index (κ3) is 4.26. The largest absolute Gasteiger partial charge is 0.497 e. The lowest BCUT2D eigenvalue weighted by molar-refractivity contribution is 0.414. The van der Waals surface area contributed by atoms with Crippen LogP contribution in [0.4, 0.5) is 0 Å². The van der Waals surface area contributed by atoms with Gasteiger partial charge in [-0.3, -0.25) is 0 Å². The predicted octanol–water partition coefficient (Wildman–Crippen LogP) is 4.51. The van der Waals surface area contributed by atoms with E-state index >= 15 is 0 Å². The Hall–Kier alpha value is -1.45. The summed E-state index contributed by atoms with van der Waals surface area (Å²) in [5, 5.41) is 3.63. The molecule has 0 spiro atoms. The minimum atomic E-state index is 0.228. The first-order valence-electron chi connectivity index (χ1n) is 7.29. The molecule has 2 aromatic rings. The van der Waals surface area contributed by atoms with Crippen LogP contribution in [0.15, 0.2) is 53.4 Å². The van der Waals surface area contributed by atoms with E-state index in [2.05, 4.69) is 54.9 Å². The van der Waals surface area contributed by atoms with Gasteiger partial charge in [0.1, 0.15) is 5.75 Å². The van der Waals surface area contributed by atoms with E-state index in [0.29, 0.717) is 0 Å². The molecule has 0 heterocycles. The smallest absolute Gasteiger partial charge is 0.118 e. The van der Waals surface area contributed by atoms with E-state index in [9.17, 15) is 0 Å². The molecule has 2 rings (SSSR count). The summed E-state index contributed by atoms with van der Waals surface area (Å²) in [5.74, 6) is 0.894. The van der Waals surface area contributed by atoms with Gasteiger partial charge in [-0.1, -0.05) is 31.2 Å². The molecule has 1 N–H and O–H groups in total. The van der Waals surface area contributed by atoms with Crippen LogP contribution < -0.4 is 10.1 Å². The van der Waals surface area contributed by atoms with E-state index in [4.69, 9.17) is 4.74 Å². The van der Waals surface area contributed by atoms with Gasteiger partial charge in [0.15, 0.2) is 0 Å². The van der Waals surface area contributed by atoms with Crippen LogP contribution in [0.25, 0.3) is 0 Å². The van der Waals surface area contributed by atoms with Crippen LogP contribution in [-0.2, 0) is 0 Å². The van der Waals surface area contributed by atoms with Gasteiger partial charge in [-0.15, -0.1) is 11.8 Å². The highest BCUT2D eigenvalue weighted by atomic mass is 32.2. The number of methoxy groups -OCH3 is 1. The van der Waals surface area contributed by atoms with Gasteiger partial charge in [-0.2, -0.15) is 0 Å². The van der Waals surface area contributed by atoms with Crippen molar-refractivity contribution in [3.8, 4) is 5.75 Å². The molecule has 2 aromatic carbocycles. The molecule has 0 aliphatic heterocycles. The van der Waals surface area contributed by atoms with E-state index in [-0.39, 0.29) is 6.04 Å². The lowest BCUT2D eigenvalue weighted by Crippen LogP contribution is -2.23. The Kier molecular flexibility index (Phi) is 6.15. The summed E-state index contributed by atoms with van der Waals surface area (Å²) in [4.78, 5) is 1.29. The van der Waals surface area contributed by atoms with Crippen LogP contribution in [0.5, 0.6) is 5.75 Å². The molecular formula is C18H23NOS. The fourth-order valence-corrected chi connectivity index (χ4v) is 2.72. The number of hydrogen-bond donors (Lipinski definition) is 1. The van der Waals surface area contributed by atoms with Crippen LogP contribution in [0.1, 0.15) is 30.5 Å². The van der Waals surface area contributed by atoms with Gasteiger partial charge >= 0.3 is 0 Å². The number of hydrogen-bond acceptors (Lipinski definition) is 3. The number of benzene rings is 2. The molecule has 2 nitrogen and oxygen atoms in total. The van der Waals surface area contributed by atoms with Gasteiger partial charge in [-0.25, -0.2) is 0 Å². The van der Waals surface area contributed by atoms with Gasteiger partial charge in [0.2, 0.25) is 0 Å². The van der Waals surface area contributed by atoms with Crippen LogP contribution in [0, 0.1) is 0 Å². The van der Waals surface area contributed by atoms with Crippen LogP contribution >= 0.6 is 11.8 Å². The first kappa shape index (κ1) is 15.9. The van der Waals surface area contributed by atoms with Crippen molar-refractivity contribution in [1.29, 1.82) is 0 Å². The summed E-state index contributed by atoms with van der Waals surface area (Å²) in [7, 11) is 1.70. The van der Waals surface area contributed by atoms with Crippen molar-refractivity contribution in [2.45, 2.75) is 24.3 Å². The lowest BCUT2D eigenvalue weighted by atomic mass is 9.98. The highest BCUT2D eigenvalue weighted by molar-refractivity contribution is 7.98. The average molecular weight is 301 g/mol. The first-order chi connectivity index (χ1) is 10.3. The fraction of sp³-hybridized carbons (Fsp3) is 0.333. The van der Waals surface area contributed by atoms with E-state index in [1.54, 1.807) is 18.9 Å². The van der Waals surface area contributed by atoms with Crippen molar-refractivity contribution in [3.63, 3.8) is 0 Å². The summed E-state index contributed by atoms with van der Waals surface area (Å²) >= 11 is 1.77. The Morgan fingerprint density at radius 3 is 2.05 bits per heavy atom. The molecule has 0 fully saturated rings. The SMILES string of the molecule is CCCNC(c1ccc(OC)cc1)c1ccc(SC)cc1. The number of nitrogens with one attached hydrogen (secondary N) is 1. The Morgan fingerprint density at radius 2 is 1.57 bits per heavy atom. The molecule has 0 bridgehead atoms. The fourth-order valence-electron chi connectivity index (χ4n) is 2.31. The standard InChI is InChI=1S/C18H23NOS/c1-4-13-19-18(14-5-9-16(20-2)10-6-14)15-7-11-17(21-3)12-8-15/h5-12,18-19H,4,13H2,1-3H3. The Bertz CT molecular complexity index is 489. The lowest BCUT2D eigenvalue weighted by Gasteiger charge is -2.20. The maximum atomic E-state index is 5.24. The van der Waals surface area contributed by atoms with Gasteiger partial charge in [0.05, 0.1) is 13.2 Å². The normalized spacial score (nSPS) is 12.1. The van der Waals surface area contributed by atoms with Crippen LogP contribution in [0.3, 0.4) is 0 Å². The quantitative estimate of drug-likeness (QED) is 0.760. The van der Waals surface area contributed by atoms with Crippen molar-refractivity contribution < 1.29 is 4.74 Å². The molecule has 21 heavy (non-hydrogen) atoms. The number of thioether (sulfide) groups is 1. The maximum absolute atomic E-state index is 5.24. The van der Waals surface area contributed by atoms with Crippen molar-refractivity contribution in [2.75, 3.05) is 19.9 Å². The van der Waals surface area contributed by atoms with Crippen LogP contribution in [-0.4, -0.2) is 19.9 Å². The molecule has 0 aliphatic rings. The predicted molar refractivity (Wildman–Crippen MR) is 91.4 cm³/mol. The molecule has 0 radical (unpaired) electrons. The second-order valence-corrected chi connectivity index (χ2v) is 5.81. The third-order valence-corrected chi connectivity index (χ3v) is 4.24. The van der Waals surface area contributed by atoms with Crippen molar-refractivity contribution >= 4 is 11.8 Å². The van der Waals surface area contributed by atoms with Crippen LogP contribution in [0.2, 0.25) is 0 Å². The summed E-state index contributed by atoms with van der Waals surface area (Å²) < 4.78 is 5.24. The molecule has 0 amide bonds. The van der Waals surface area contributed by atoms with E-state index < -0.39 is 0 Å². The van der Waals surface area contributed by atoms with Gasteiger partial charge < -0.3 is 10.1 Å². The zero-order valence-corrected chi connectivity index (χ0v) is 13.7. The third-order valence-electron chi connectivity index (χ3n) is 3.50. The van der Waals surface area contributed by atoms with Crippen molar-refractivity contribution in [2.24, 2.45) is 0 Å². The van der Waals surface area contributed by atoms with E-state index in [0.717, 1.165) is 18.7 Å². The first-order valence-corrected chi connectivity index (χ1v) is 8.52. The molecular weight excluding hydrogens is 278 g/mol. The summed E-state index contributed by atoms with van der Waals surface area (Å²) in [5.41, 5.74) is 2.56. The van der Waals surface area contributed by atoms with Gasteiger partial charge in [-0.05, 0) is 54.6 Å². The molecule has 3 heteroatoms. The topological polar surface area (TPSA) is 21.3 Å². The van der Waals surface area contributed by atoms with Crippen molar-refractivity contribution in [1.82, 2.24) is 5.32 Å². The molecule has 112 valence electrons. The van der Waals surface area contributed by atoms with Gasteiger partial charge in [0, 0.05) is 4.90 Å². The number of rotatable bonds is 7. The van der Waals surface area contributed by atoms with Crippen molar-refractivity contribution in [3.05, 3.63) is 59.7 Å². The Morgan fingerprint density at radius 1 is 1.00 bits per heavy atom. The highest BCUT2D eigenvalue weighted by Crippen LogP contribution is 2.26. The summed E-state index contributed by atoms with van der Waals surface area (Å²) in [6.07, 6.45) is 3.22. The van der Waals surface area contributed by atoms with Gasteiger partial charge in [0.25, 0.3) is 0 Å². The summed E-state index contributed by atoms with van der Waals surface area (Å²) in [6.45, 7) is 3.19. The summed E-state index contributed by atoms with van der Waals surface area (Å²) in [6, 6.07) is 17.3. The number of ether oxygens (including phenoxy) is 1. The zero-order valence-electron chi connectivity index (χ0n) is 12.9. The van der Waals surface area contributed by atoms with E-state index in [1.165, 1.54) is 16.0 Å². The monoisotopic (exact) mass is 301 g/mol. The molecule has 0 saturated heterocycles. The molecule has 0 aromatic heterocycles. The zero-order chi connectivity index (χ0) is 15.1. The van der Waals surface area contributed by atoms with E-state index in [1.807, 2.05) is 12.1 Å².